The van der Waals surface area contributed by atoms with E-state index in [0.717, 1.165) is 32.7 Å². The van der Waals surface area contributed by atoms with Gasteiger partial charge in [-0.1, -0.05) is 42.5 Å². The lowest BCUT2D eigenvalue weighted by atomic mass is 10.2. The number of rotatable bonds is 6. The van der Waals surface area contributed by atoms with E-state index in [1.54, 1.807) is 0 Å². The maximum absolute atomic E-state index is 11.9. The molecule has 120 valence electrons. The molecular weight excluding hydrogens is 274 g/mol. The van der Waals surface area contributed by atoms with E-state index < -0.39 is 0 Å². The van der Waals surface area contributed by atoms with Crippen molar-refractivity contribution in [3.05, 3.63) is 42.0 Å². The smallest absolute Gasteiger partial charge is 0.237 e. The molecule has 0 spiro atoms. The number of hydrogen-bond acceptors (Lipinski definition) is 3. The third kappa shape index (κ3) is 4.97. The molecule has 22 heavy (non-hydrogen) atoms. The van der Waals surface area contributed by atoms with Gasteiger partial charge in [0.25, 0.3) is 0 Å². The first-order valence-corrected chi connectivity index (χ1v) is 8.16. The molecule has 2 rings (SSSR count). The minimum atomic E-state index is -0.0260. The molecule has 0 aromatic heterocycles. The Kier molecular flexibility index (Phi) is 6.62. The lowest BCUT2D eigenvalue weighted by molar-refractivity contribution is -0.126. The molecule has 4 nitrogen and oxygen atoms in total. The lowest BCUT2D eigenvalue weighted by Crippen LogP contribution is -2.53. The van der Waals surface area contributed by atoms with Gasteiger partial charge in [0.15, 0.2) is 0 Å². The van der Waals surface area contributed by atoms with Crippen molar-refractivity contribution < 1.29 is 4.79 Å². The fraction of sp³-hybridized carbons (Fsp3) is 0.500. The lowest BCUT2D eigenvalue weighted by Gasteiger charge is -2.37. The summed E-state index contributed by atoms with van der Waals surface area (Å²) in [7, 11) is 0. The molecule has 1 saturated heterocycles. The third-order valence-corrected chi connectivity index (χ3v) is 4.16. The Morgan fingerprint density at radius 2 is 1.91 bits per heavy atom. The molecule has 1 aliphatic heterocycles. The molecule has 1 N–H and O–H groups in total. The van der Waals surface area contributed by atoms with Crippen molar-refractivity contribution >= 4 is 12.0 Å². The Labute approximate surface area is 133 Å². The Morgan fingerprint density at radius 3 is 2.55 bits per heavy atom. The largest absolute Gasteiger partial charge is 0.355 e. The van der Waals surface area contributed by atoms with Crippen LogP contribution < -0.4 is 5.32 Å². The van der Waals surface area contributed by atoms with Crippen LogP contribution in [0.4, 0.5) is 0 Å². The predicted molar refractivity (Wildman–Crippen MR) is 91.6 cm³/mol. The summed E-state index contributed by atoms with van der Waals surface area (Å²) in [5.41, 5.74) is 1.24. The van der Waals surface area contributed by atoms with Crippen LogP contribution in [0.3, 0.4) is 0 Å². The molecule has 0 radical (unpaired) electrons. The molecule has 1 unspecified atom stereocenters. The van der Waals surface area contributed by atoms with Crippen LogP contribution in [0, 0.1) is 0 Å². The standard InChI is InChI=1S/C18H27N3O/c1-3-19-18(22)16(2)21-14-12-20(13-15-21)11-7-10-17-8-5-4-6-9-17/h4-10,16H,3,11-15H2,1-2H3,(H,19,22). The molecule has 1 aromatic rings. The molecule has 0 saturated carbocycles. The van der Waals surface area contributed by atoms with Gasteiger partial charge in [-0.3, -0.25) is 14.6 Å². The van der Waals surface area contributed by atoms with Crippen molar-refractivity contribution in [3.8, 4) is 0 Å². The highest BCUT2D eigenvalue weighted by molar-refractivity contribution is 5.81. The fourth-order valence-electron chi connectivity index (χ4n) is 2.72. The summed E-state index contributed by atoms with van der Waals surface area (Å²) >= 11 is 0. The Balaban J connectivity index is 1.73. The summed E-state index contributed by atoms with van der Waals surface area (Å²) in [4.78, 5) is 16.6. The second-order valence-corrected chi connectivity index (χ2v) is 5.72. The van der Waals surface area contributed by atoms with Crippen LogP contribution in [0.25, 0.3) is 6.08 Å². The summed E-state index contributed by atoms with van der Waals surface area (Å²) in [5.74, 6) is 0.139. The van der Waals surface area contributed by atoms with Gasteiger partial charge in [-0.05, 0) is 19.4 Å². The van der Waals surface area contributed by atoms with Gasteiger partial charge in [0.1, 0.15) is 0 Å². The van der Waals surface area contributed by atoms with Gasteiger partial charge in [0.2, 0.25) is 5.91 Å². The number of carbonyl (C=O) groups is 1. The molecule has 1 fully saturated rings. The van der Waals surface area contributed by atoms with Crippen LogP contribution in [0.5, 0.6) is 0 Å². The predicted octanol–water partition coefficient (Wildman–Crippen LogP) is 1.84. The van der Waals surface area contributed by atoms with Gasteiger partial charge < -0.3 is 5.32 Å². The highest BCUT2D eigenvalue weighted by atomic mass is 16.2. The normalized spacial score (nSPS) is 18.5. The zero-order valence-electron chi connectivity index (χ0n) is 13.7. The highest BCUT2D eigenvalue weighted by Crippen LogP contribution is 2.07. The van der Waals surface area contributed by atoms with Crippen molar-refractivity contribution in [2.45, 2.75) is 19.9 Å². The first-order valence-electron chi connectivity index (χ1n) is 8.16. The maximum Gasteiger partial charge on any atom is 0.237 e. The van der Waals surface area contributed by atoms with Gasteiger partial charge in [-0.15, -0.1) is 0 Å². The van der Waals surface area contributed by atoms with E-state index in [1.807, 2.05) is 19.9 Å². The number of amides is 1. The van der Waals surface area contributed by atoms with Crippen molar-refractivity contribution in [1.29, 1.82) is 0 Å². The number of hydrogen-bond donors (Lipinski definition) is 1. The molecule has 0 bridgehead atoms. The van der Waals surface area contributed by atoms with E-state index in [0.29, 0.717) is 6.54 Å². The van der Waals surface area contributed by atoms with Crippen LogP contribution in [-0.2, 0) is 4.79 Å². The van der Waals surface area contributed by atoms with Crippen LogP contribution in [-0.4, -0.2) is 61.0 Å². The Bertz CT molecular complexity index is 478. The molecule has 1 heterocycles. The molecule has 1 atom stereocenters. The van der Waals surface area contributed by atoms with E-state index >= 15 is 0 Å². The van der Waals surface area contributed by atoms with E-state index in [9.17, 15) is 4.79 Å². The molecular formula is C18H27N3O. The molecule has 1 aliphatic rings. The SMILES string of the molecule is CCNC(=O)C(C)N1CCN(CC=Cc2ccccc2)CC1. The number of benzene rings is 1. The average molecular weight is 301 g/mol. The van der Waals surface area contributed by atoms with Crippen molar-refractivity contribution in [3.63, 3.8) is 0 Å². The molecule has 0 aliphatic carbocycles. The zero-order valence-corrected chi connectivity index (χ0v) is 13.7. The second-order valence-electron chi connectivity index (χ2n) is 5.72. The molecule has 1 aromatic carbocycles. The van der Waals surface area contributed by atoms with Crippen LogP contribution in [0.1, 0.15) is 19.4 Å². The quantitative estimate of drug-likeness (QED) is 0.871. The Morgan fingerprint density at radius 1 is 1.23 bits per heavy atom. The molecule has 4 heteroatoms. The highest BCUT2D eigenvalue weighted by Gasteiger charge is 2.24. The Hall–Kier alpha value is -1.65. The first kappa shape index (κ1) is 16.7. The minimum absolute atomic E-state index is 0.0260. The number of piperazine rings is 1. The van der Waals surface area contributed by atoms with E-state index in [2.05, 4.69) is 51.5 Å². The minimum Gasteiger partial charge on any atom is -0.355 e. The number of likely N-dealkylation sites (N-methyl/N-ethyl adjacent to an activating group) is 1. The van der Waals surface area contributed by atoms with Gasteiger partial charge in [-0.25, -0.2) is 0 Å². The number of nitrogens with zero attached hydrogens (tertiary/aromatic N) is 2. The van der Waals surface area contributed by atoms with Crippen LogP contribution >= 0.6 is 0 Å². The van der Waals surface area contributed by atoms with Gasteiger partial charge in [0, 0.05) is 39.3 Å². The number of carbonyl (C=O) groups excluding carboxylic acids is 1. The van der Waals surface area contributed by atoms with E-state index in [4.69, 9.17) is 0 Å². The topological polar surface area (TPSA) is 35.6 Å². The van der Waals surface area contributed by atoms with Gasteiger partial charge in [0.05, 0.1) is 6.04 Å². The fourth-order valence-corrected chi connectivity index (χ4v) is 2.72. The van der Waals surface area contributed by atoms with Gasteiger partial charge in [-0.2, -0.15) is 0 Å². The van der Waals surface area contributed by atoms with Gasteiger partial charge >= 0.3 is 0 Å². The van der Waals surface area contributed by atoms with Crippen molar-refractivity contribution in [2.24, 2.45) is 0 Å². The average Bonchev–Trinajstić information content (AvgIpc) is 2.56. The summed E-state index contributed by atoms with van der Waals surface area (Å²) < 4.78 is 0. The summed E-state index contributed by atoms with van der Waals surface area (Å²) in [5, 5.41) is 2.90. The van der Waals surface area contributed by atoms with Crippen molar-refractivity contribution in [2.75, 3.05) is 39.3 Å². The monoisotopic (exact) mass is 301 g/mol. The number of nitrogens with one attached hydrogen (secondary N) is 1. The summed E-state index contributed by atoms with van der Waals surface area (Å²) in [6.07, 6.45) is 4.39. The first-order chi connectivity index (χ1) is 10.7. The maximum atomic E-state index is 11.9. The van der Waals surface area contributed by atoms with E-state index in [1.165, 1.54) is 5.56 Å². The zero-order chi connectivity index (χ0) is 15.8. The summed E-state index contributed by atoms with van der Waals surface area (Å²) in [6.45, 7) is 9.57. The van der Waals surface area contributed by atoms with Crippen LogP contribution in [0.2, 0.25) is 0 Å². The summed E-state index contributed by atoms with van der Waals surface area (Å²) in [6, 6.07) is 10.3. The molecule has 1 amide bonds. The second kappa shape index (κ2) is 8.71. The van der Waals surface area contributed by atoms with Crippen LogP contribution in [0.15, 0.2) is 36.4 Å². The van der Waals surface area contributed by atoms with E-state index in [-0.39, 0.29) is 11.9 Å². The third-order valence-electron chi connectivity index (χ3n) is 4.16. The van der Waals surface area contributed by atoms with Crippen molar-refractivity contribution in [1.82, 2.24) is 15.1 Å².